The maximum absolute atomic E-state index is 11.2. The van der Waals surface area contributed by atoms with Crippen molar-refractivity contribution in [2.24, 2.45) is 5.73 Å². The predicted octanol–water partition coefficient (Wildman–Crippen LogP) is -0.339. The molecule has 1 amide bonds. The third kappa shape index (κ3) is 1.88. The molecule has 4 N–H and O–H groups in total. The molecule has 7 heteroatoms. The van der Waals surface area contributed by atoms with Crippen LogP contribution in [0.2, 0.25) is 0 Å². The number of rotatable bonds is 2. The van der Waals surface area contributed by atoms with Gasteiger partial charge in [-0.2, -0.15) is 4.37 Å². The second-order valence-corrected chi connectivity index (χ2v) is 3.96. The van der Waals surface area contributed by atoms with Gasteiger partial charge in [0.15, 0.2) is 5.82 Å². The Morgan fingerprint density at radius 2 is 2.13 bits per heavy atom. The van der Waals surface area contributed by atoms with Crippen LogP contribution in [0.15, 0.2) is 0 Å². The van der Waals surface area contributed by atoms with Crippen molar-refractivity contribution in [3.05, 3.63) is 5.56 Å². The minimum atomic E-state index is -0.525. The molecule has 0 spiro atoms. The number of nitrogen functional groups attached to an aromatic ring is 1. The van der Waals surface area contributed by atoms with Crippen molar-refractivity contribution in [2.45, 2.75) is 0 Å². The number of ether oxygens (including phenoxy) is 1. The van der Waals surface area contributed by atoms with Crippen molar-refractivity contribution in [2.75, 3.05) is 36.9 Å². The zero-order valence-electron chi connectivity index (χ0n) is 8.10. The lowest BCUT2D eigenvalue weighted by Crippen LogP contribution is -2.36. The van der Waals surface area contributed by atoms with Crippen molar-refractivity contribution in [3.8, 4) is 0 Å². The van der Waals surface area contributed by atoms with Crippen LogP contribution < -0.4 is 16.4 Å². The molecule has 2 heterocycles. The van der Waals surface area contributed by atoms with Crippen LogP contribution in [0.1, 0.15) is 10.4 Å². The maximum Gasteiger partial charge on any atom is 0.255 e. The van der Waals surface area contributed by atoms with E-state index < -0.39 is 5.91 Å². The summed E-state index contributed by atoms with van der Waals surface area (Å²) in [6.07, 6.45) is 0. The zero-order valence-corrected chi connectivity index (χ0v) is 8.92. The van der Waals surface area contributed by atoms with Crippen molar-refractivity contribution in [3.63, 3.8) is 0 Å². The first kappa shape index (κ1) is 10.2. The van der Waals surface area contributed by atoms with Crippen LogP contribution in [0.4, 0.5) is 10.8 Å². The van der Waals surface area contributed by atoms with Gasteiger partial charge in [-0.3, -0.25) is 4.79 Å². The minimum absolute atomic E-state index is 0.217. The fraction of sp³-hybridized carbons (Fsp3) is 0.500. The summed E-state index contributed by atoms with van der Waals surface area (Å²) in [5.74, 6) is -0.309. The van der Waals surface area contributed by atoms with Crippen molar-refractivity contribution >= 4 is 28.3 Å². The molecule has 0 aliphatic carbocycles. The van der Waals surface area contributed by atoms with Crippen LogP contribution in [0.5, 0.6) is 0 Å². The van der Waals surface area contributed by atoms with Crippen LogP contribution in [0.25, 0.3) is 0 Å². The number of carbonyl (C=O) groups excluding carboxylic acids is 1. The Hall–Kier alpha value is -1.34. The standard InChI is InChI=1S/C8H12N4O2S/c9-6-5(7(10)13)8(15-11-6)12-1-3-14-4-2-12/h1-4H2,(H2,9,11)(H2,10,13). The highest BCUT2D eigenvalue weighted by Gasteiger charge is 2.22. The lowest BCUT2D eigenvalue weighted by Gasteiger charge is -2.27. The number of nitrogens with zero attached hydrogens (tertiary/aromatic N) is 2. The quantitative estimate of drug-likeness (QED) is 0.722. The summed E-state index contributed by atoms with van der Waals surface area (Å²) in [4.78, 5) is 13.2. The van der Waals surface area contributed by atoms with E-state index in [0.29, 0.717) is 18.8 Å². The molecule has 1 aliphatic rings. The fourth-order valence-electron chi connectivity index (χ4n) is 1.51. The lowest BCUT2D eigenvalue weighted by atomic mass is 10.2. The third-order valence-electron chi connectivity index (χ3n) is 2.25. The number of aromatic nitrogens is 1. The van der Waals surface area contributed by atoms with Crippen molar-refractivity contribution in [1.82, 2.24) is 4.37 Å². The number of hydrogen-bond donors (Lipinski definition) is 2. The van der Waals surface area contributed by atoms with E-state index in [-0.39, 0.29) is 5.82 Å². The van der Waals surface area contributed by atoms with E-state index in [4.69, 9.17) is 16.2 Å². The average molecular weight is 228 g/mol. The van der Waals surface area contributed by atoms with Crippen LogP contribution in [-0.2, 0) is 4.74 Å². The van der Waals surface area contributed by atoms with Crippen LogP contribution >= 0.6 is 11.5 Å². The smallest absolute Gasteiger partial charge is 0.255 e. The van der Waals surface area contributed by atoms with E-state index in [2.05, 4.69) is 4.37 Å². The van der Waals surface area contributed by atoms with Gasteiger partial charge in [0.05, 0.1) is 13.2 Å². The highest BCUT2D eigenvalue weighted by Crippen LogP contribution is 2.30. The molecule has 1 aliphatic heterocycles. The summed E-state index contributed by atoms with van der Waals surface area (Å²) in [6.45, 7) is 2.77. The van der Waals surface area contributed by atoms with E-state index in [9.17, 15) is 4.79 Å². The third-order valence-corrected chi connectivity index (χ3v) is 3.17. The SMILES string of the molecule is NC(=O)c1c(N)nsc1N1CCOCC1. The molecule has 1 fully saturated rings. The van der Waals surface area contributed by atoms with E-state index >= 15 is 0 Å². The number of morpholine rings is 1. The summed E-state index contributed by atoms with van der Waals surface area (Å²) in [6, 6.07) is 0. The fourth-order valence-corrected chi connectivity index (χ4v) is 2.38. The molecule has 0 saturated carbocycles. The van der Waals surface area contributed by atoms with Gasteiger partial charge in [0.2, 0.25) is 0 Å². The number of anilines is 2. The topological polar surface area (TPSA) is 94.5 Å². The normalized spacial score (nSPS) is 16.7. The highest BCUT2D eigenvalue weighted by atomic mass is 32.1. The number of hydrogen-bond acceptors (Lipinski definition) is 6. The number of nitrogens with two attached hydrogens (primary N) is 2. The Kier molecular flexibility index (Phi) is 2.74. The van der Waals surface area contributed by atoms with Crippen LogP contribution in [0.3, 0.4) is 0 Å². The molecule has 0 unspecified atom stereocenters. The molecular formula is C8H12N4O2S. The zero-order chi connectivity index (χ0) is 10.8. The number of amides is 1. The molecule has 0 aromatic carbocycles. The molecule has 6 nitrogen and oxygen atoms in total. The summed E-state index contributed by atoms with van der Waals surface area (Å²) in [5, 5.41) is 0.753. The summed E-state index contributed by atoms with van der Waals surface area (Å²) < 4.78 is 9.17. The average Bonchev–Trinajstić information content (AvgIpc) is 2.61. The molecule has 0 atom stereocenters. The summed E-state index contributed by atoms with van der Waals surface area (Å²) in [7, 11) is 0. The van der Waals surface area contributed by atoms with Gasteiger partial charge < -0.3 is 21.1 Å². The van der Waals surface area contributed by atoms with E-state index in [1.807, 2.05) is 4.90 Å². The maximum atomic E-state index is 11.2. The van der Waals surface area contributed by atoms with Gasteiger partial charge in [-0.15, -0.1) is 0 Å². The first-order chi connectivity index (χ1) is 7.20. The van der Waals surface area contributed by atoms with Gasteiger partial charge in [-0.1, -0.05) is 0 Å². The predicted molar refractivity (Wildman–Crippen MR) is 58.1 cm³/mol. The van der Waals surface area contributed by atoms with Gasteiger partial charge in [0, 0.05) is 13.1 Å². The Morgan fingerprint density at radius 3 is 2.73 bits per heavy atom. The molecule has 0 radical (unpaired) electrons. The largest absolute Gasteiger partial charge is 0.382 e. The summed E-state index contributed by atoms with van der Waals surface area (Å²) >= 11 is 1.21. The van der Waals surface area contributed by atoms with Crippen molar-refractivity contribution < 1.29 is 9.53 Å². The molecule has 15 heavy (non-hydrogen) atoms. The molecule has 1 aromatic rings. The molecule has 1 saturated heterocycles. The molecule has 1 aromatic heterocycles. The monoisotopic (exact) mass is 228 g/mol. The highest BCUT2D eigenvalue weighted by molar-refractivity contribution is 7.11. The molecule has 2 rings (SSSR count). The van der Waals surface area contributed by atoms with Gasteiger partial charge in [0.25, 0.3) is 5.91 Å². The Labute approximate surface area is 91.0 Å². The van der Waals surface area contributed by atoms with E-state index in [1.165, 1.54) is 11.5 Å². The van der Waals surface area contributed by atoms with Crippen LogP contribution in [0, 0.1) is 0 Å². The minimum Gasteiger partial charge on any atom is -0.382 e. The Balaban J connectivity index is 2.30. The van der Waals surface area contributed by atoms with Gasteiger partial charge in [-0.25, -0.2) is 0 Å². The van der Waals surface area contributed by atoms with Gasteiger partial charge in [0.1, 0.15) is 10.6 Å². The van der Waals surface area contributed by atoms with Crippen LogP contribution in [-0.4, -0.2) is 36.6 Å². The van der Waals surface area contributed by atoms with E-state index in [0.717, 1.165) is 18.1 Å². The Bertz CT molecular complexity index is 373. The molecular weight excluding hydrogens is 216 g/mol. The molecule has 0 bridgehead atoms. The Morgan fingerprint density at radius 1 is 1.47 bits per heavy atom. The number of primary amides is 1. The van der Waals surface area contributed by atoms with Gasteiger partial charge in [-0.05, 0) is 11.5 Å². The van der Waals surface area contributed by atoms with Gasteiger partial charge >= 0.3 is 0 Å². The molecule has 82 valence electrons. The summed E-state index contributed by atoms with van der Waals surface area (Å²) in [5.41, 5.74) is 11.2. The second-order valence-electron chi connectivity index (χ2n) is 3.21. The second kappa shape index (κ2) is 4.03. The number of carbonyl (C=O) groups is 1. The first-order valence-corrected chi connectivity index (χ1v) is 5.35. The lowest BCUT2D eigenvalue weighted by molar-refractivity contribution is 0.0999. The first-order valence-electron chi connectivity index (χ1n) is 4.58. The van der Waals surface area contributed by atoms with Crippen molar-refractivity contribution in [1.29, 1.82) is 0 Å². The van der Waals surface area contributed by atoms with E-state index in [1.54, 1.807) is 0 Å².